The fraction of sp³-hybridized carbons (Fsp3) is 0. The van der Waals surface area contributed by atoms with Crippen LogP contribution in [0.15, 0.2) is 158 Å². The molecule has 0 aliphatic heterocycles. The van der Waals surface area contributed by atoms with Crippen molar-refractivity contribution < 1.29 is 0 Å². The number of hydrogen-bond acceptors (Lipinski definition) is 3. The fourth-order valence-electron chi connectivity index (χ4n) is 8.31. The van der Waals surface area contributed by atoms with E-state index in [-0.39, 0.29) is 10.6 Å². The molecule has 0 bridgehead atoms. The zero-order chi connectivity index (χ0) is 35.2. The molecule has 0 aliphatic carbocycles. The lowest BCUT2D eigenvalue weighted by Crippen LogP contribution is -2.09. The van der Waals surface area contributed by atoms with Gasteiger partial charge in [-0.1, -0.05) is 109 Å². The summed E-state index contributed by atoms with van der Waals surface area (Å²) in [6, 6.07) is 55.7. The number of benzene rings is 7. The maximum absolute atomic E-state index is 6.61. The molecule has 0 N–H and O–H groups in total. The lowest BCUT2D eigenvalue weighted by molar-refractivity contribution is 1.03. The summed E-state index contributed by atoms with van der Waals surface area (Å²) in [7, 11) is 0. The van der Waals surface area contributed by atoms with E-state index < -0.39 is 0 Å². The Hall–Kier alpha value is -6.47. The van der Waals surface area contributed by atoms with Gasteiger partial charge in [-0.25, -0.2) is 0 Å². The fourth-order valence-corrected chi connectivity index (χ4v) is 8.67. The lowest BCUT2D eigenvalue weighted by Gasteiger charge is -2.22. The van der Waals surface area contributed by atoms with Gasteiger partial charge >= 0.3 is 0 Å². The number of para-hydroxylation sites is 6. The highest BCUT2D eigenvalue weighted by molar-refractivity contribution is 6.31. The predicted molar refractivity (Wildman–Crippen MR) is 218 cm³/mol. The zero-order valence-electron chi connectivity index (χ0n) is 28.0. The molecule has 6 nitrogen and oxygen atoms in total. The van der Waals surface area contributed by atoms with E-state index >= 15 is 0 Å². The van der Waals surface area contributed by atoms with Crippen molar-refractivity contribution in [3.05, 3.63) is 168 Å². The van der Waals surface area contributed by atoms with E-state index in [0.717, 1.165) is 77.3 Å². The topological polar surface area (TPSA) is 53.5 Å². The van der Waals surface area contributed by atoms with Gasteiger partial charge in [0.15, 0.2) is 5.82 Å². The third-order valence-corrected chi connectivity index (χ3v) is 10.7. The zero-order valence-corrected chi connectivity index (χ0v) is 29.5. The molecule has 0 unspecified atom stereocenters. The summed E-state index contributed by atoms with van der Waals surface area (Å²) >= 11 is 13.2. The van der Waals surface area contributed by atoms with E-state index in [1.54, 1.807) is 0 Å². The van der Waals surface area contributed by atoms with Crippen LogP contribution in [0.4, 0.5) is 0 Å². The molecular formula is C45H26Cl2N6. The van der Waals surface area contributed by atoms with E-state index in [9.17, 15) is 0 Å². The van der Waals surface area contributed by atoms with Gasteiger partial charge in [0.25, 0.3) is 0 Å². The van der Waals surface area contributed by atoms with E-state index in [1.807, 2.05) is 0 Å². The summed E-state index contributed by atoms with van der Waals surface area (Å²) in [5.41, 5.74) is 9.90. The number of fused-ring (bicyclic) bond motifs is 9. The van der Waals surface area contributed by atoms with Gasteiger partial charge in [0.1, 0.15) is 0 Å². The summed E-state index contributed by atoms with van der Waals surface area (Å²) in [6.07, 6.45) is 0. The quantitative estimate of drug-likeness (QED) is 0.182. The van der Waals surface area contributed by atoms with Crippen LogP contribution in [0.2, 0.25) is 10.6 Å². The van der Waals surface area contributed by atoms with Gasteiger partial charge in [0, 0.05) is 32.3 Å². The van der Waals surface area contributed by atoms with Crippen molar-refractivity contribution in [2.45, 2.75) is 0 Å². The van der Waals surface area contributed by atoms with Crippen LogP contribution in [0.1, 0.15) is 0 Å². The molecule has 0 fully saturated rings. The molecule has 4 heterocycles. The van der Waals surface area contributed by atoms with Crippen LogP contribution in [-0.4, -0.2) is 28.7 Å². The van der Waals surface area contributed by atoms with Gasteiger partial charge in [-0.05, 0) is 71.7 Å². The van der Waals surface area contributed by atoms with Gasteiger partial charge in [0.05, 0.1) is 55.7 Å². The Morgan fingerprint density at radius 2 is 0.623 bits per heavy atom. The maximum Gasteiger partial charge on any atom is 0.227 e. The Labute approximate surface area is 312 Å². The SMILES string of the molecule is Clc1nc(Cl)nc(-c2c(-n3c4ccccc4c4ccccc43)cc(-n3c4ccccc4c4ccccc43)cc2-n2c3ccccc3c3ccccc32)n1. The monoisotopic (exact) mass is 720 g/mol. The van der Waals surface area contributed by atoms with Crippen molar-refractivity contribution in [2.75, 3.05) is 0 Å². The van der Waals surface area contributed by atoms with Crippen molar-refractivity contribution in [3.63, 3.8) is 0 Å². The Balaban J connectivity index is 1.41. The second kappa shape index (κ2) is 11.5. The van der Waals surface area contributed by atoms with E-state index in [1.165, 1.54) is 10.8 Å². The summed E-state index contributed by atoms with van der Waals surface area (Å²) < 4.78 is 7.00. The van der Waals surface area contributed by atoms with Crippen LogP contribution in [0.25, 0.3) is 93.9 Å². The van der Waals surface area contributed by atoms with Gasteiger partial charge in [-0.3, -0.25) is 0 Å². The highest BCUT2D eigenvalue weighted by Gasteiger charge is 2.26. The van der Waals surface area contributed by atoms with E-state index in [0.29, 0.717) is 5.82 Å². The molecule has 7 aromatic carbocycles. The number of aromatic nitrogens is 6. The predicted octanol–water partition coefficient (Wildman–Crippen LogP) is 12.1. The summed E-state index contributed by atoms with van der Waals surface area (Å²) in [4.78, 5) is 13.7. The van der Waals surface area contributed by atoms with Crippen molar-refractivity contribution in [3.8, 4) is 28.5 Å². The molecule has 0 radical (unpaired) electrons. The molecule has 250 valence electrons. The van der Waals surface area contributed by atoms with Crippen LogP contribution >= 0.6 is 23.2 Å². The van der Waals surface area contributed by atoms with Crippen LogP contribution in [-0.2, 0) is 0 Å². The van der Waals surface area contributed by atoms with Gasteiger partial charge in [0.2, 0.25) is 10.6 Å². The molecule has 0 atom stereocenters. The van der Waals surface area contributed by atoms with Crippen molar-refractivity contribution in [1.29, 1.82) is 0 Å². The highest BCUT2D eigenvalue weighted by Crippen LogP contribution is 2.44. The molecule has 0 aliphatic rings. The second-order valence-corrected chi connectivity index (χ2v) is 13.8. The van der Waals surface area contributed by atoms with Crippen molar-refractivity contribution in [1.82, 2.24) is 28.7 Å². The Morgan fingerprint density at radius 1 is 0.340 bits per heavy atom. The number of halogens is 2. The normalized spacial score (nSPS) is 12.0. The average Bonchev–Trinajstić information content (AvgIpc) is 3.83. The first-order valence-electron chi connectivity index (χ1n) is 17.4. The summed E-state index contributed by atoms with van der Waals surface area (Å²) in [6.45, 7) is 0. The third-order valence-electron chi connectivity index (χ3n) is 10.4. The maximum atomic E-state index is 6.61. The van der Waals surface area contributed by atoms with Gasteiger partial charge in [-0.15, -0.1) is 0 Å². The molecule has 4 aromatic heterocycles. The number of nitrogens with zero attached hydrogens (tertiary/aromatic N) is 6. The van der Waals surface area contributed by atoms with Crippen LogP contribution < -0.4 is 0 Å². The van der Waals surface area contributed by atoms with Crippen LogP contribution in [0.5, 0.6) is 0 Å². The first kappa shape index (κ1) is 30.2. The van der Waals surface area contributed by atoms with Crippen molar-refractivity contribution >= 4 is 88.6 Å². The van der Waals surface area contributed by atoms with E-state index in [2.05, 4.69) is 176 Å². The number of hydrogen-bond donors (Lipinski definition) is 0. The highest BCUT2D eigenvalue weighted by atomic mass is 35.5. The minimum atomic E-state index is 0.0211. The first-order chi connectivity index (χ1) is 26.1. The molecule has 0 saturated carbocycles. The van der Waals surface area contributed by atoms with Crippen molar-refractivity contribution in [2.24, 2.45) is 0 Å². The summed E-state index contributed by atoms with van der Waals surface area (Å²) in [5, 5.41) is 6.96. The minimum Gasteiger partial charge on any atom is -0.309 e. The Morgan fingerprint density at radius 3 is 0.943 bits per heavy atom. The molecule has 11 aromatic rings. The molecule has 53 heavy (non-hydrogen) atoms. The average molecular weight is 722 g/mol. The van der Waals surface area contributed by atoms with Gasteiger partial charge in [-0.2, -0.15) is 15.0 Å². The third kappa shape index (κ3) is 4.43. The summed E-state index contributed by atoms with van der Waals surface area (Å²) in [5.74, 6) is 0.373. The molecule has 8 heteroatoms. The van der Waals surface area contributed by atoms with Crippen LogP contribution in [0, 0.1) is 0 Å². The molecular weight excluding hydrogens is 695 g/mol. The smallest absolute Gasteiger partial charge is 0.227 e. The first-order valence-corrected chi connectivity index (χ1v) is 18.1. The number of rotatable bonds is 4. The Bertz CT molecular complexity index is 2970. The Kier molecular flexibility index (Phi) is 6.56. The molecule has 0 spiro atoms. The van der Waals surface area contributed by atoms with Crippen LogP contribution in [0.3, 0.4) is 0 Å². The minimum absolute atomic E-state index is 0.0211. The lowest BCUT2D eigenvalue weighted by atomic mass is 10.1. The molecule has 0 saturated heterocycles. The van der Waals surface area contributed by atoms with Gasteiger partial charge < -0.3 is 13.7 Å². The second-order valence-electron chi connectivity index (χ2n) is 13.2. The largest absolute Gasteiger partial charge is 0.309 e. The molecule has 0 amide bonds. The standard InChI is InChI=1S/C45H26Cl2N6/c46-44-48-43(49-45(47)50-44)42-40(52-36-21-9-3-15-30(36)31-16-4-10-22-37(31)52)25-27(51-34-19-7-1-13-28(34)29-14-2-8-20-35(29)51)26-41(42)53-38-23-11-5-17-32(38)33-18-6-12-24-39(33)53/h1-26H. The van der Waals surface area contributed by atoms with E-state index in [4.69, 9.17) is 33.2 Å². The molecule has 11 rings (SSSR count).